The Morgan fingerprint density at radius 1 is 1.33 bits per heavy atom. The number of aryl methyl sites for hydroxylation is 1. The molecule has 0 radical (unpaired) electrons. The van der Waals surface area contributed by atoms with Crippen molar-refractivity contribution in [2.24, 2.45) is 13.0 Å². The van der Waals surface area contributed by atoms with Crippen molar-refractivity contribution in [3.8, 4) is 0 Å². The predicted octanol–water partition coefficient (Wildman–Crippen LogP) is 3.53. The van der Waals surface area contributed by atoms with Gasteiger partial charge in [-0.15, -0.1) is 11.3 Å². The van der Waals surface area contributed by atoms with Crippen LogP contribution < -0.4 is 5.32 Å². The largest absolute Gasteiger partial charge is 0.302 e. The molecule has 2 unspecified atom stereocenters. The van der Waals surface area contributed by atoms with Gasteiger partial charge in [0.05, 0.1) is 6.20 Å². The van der Waals surface area contributed by atoms with E-state index in [0.717, 1.165) is 0 Å². The van der Waals surface area contributed by atoms with Gasteiger partial charge in [-0.25, -0.2) is 0 Å². The maximum Gasteiger partial charge on any atom is 0.0537 e. The normalized spacial score (nSPS) is 14.9. The van der Waals surface area contributed by atoms with Crippen LogP contribution in [0.15, 0.2) is 29.9 Å². The van der Waals surface area contributed by atoms with Crippen LogP contribution in [0, 0.1) is 5.92 Å². The molecule has 0 spiro atoms. The molecule has 0 aromatic carbocycles. The third-order valence-corrected chi connectivity index (χ3v) is 4.13. The summed E-state index contributed by atoms with van der Waals surface area (Å²) in [5, 5.41) is 10.1. The average Bonchev–Trinajstić information content (AvgIpc) is 2.95. The van der Waals surface area contributed by atoms with Crippen LogP contribution >= 0.6 is 11.3 Å². The minimum atomic E-state index is 0.313. The summed E-state index contributed by atoms with van der Waals surface area (Å²) in [6, 6.07) is 5.04. The molecular weight excluding hydrogens is 242 g/mol. The van der Waals surface area contributed by atoms with E-state index >= 15 is 0 Å². The first-order valence-electron chi connectivity index (χ1n) is 6.36. The topological polar surface area (TPSA) is 29.9 Å². The van der Waals surface area contributed by atoms with E-state index in [1.807, 2.05) is 29.3 Å². The van der Waals surface area contributed by atoms with Crippen molar-refractivity contribution < 1.29 is 0 Å². The highest BCUT2D eigenvalue weighted by Crippen LogP contribution is 2.28. The van der Waals surface area contributed by atoms with Gasteiger partial charge in [-0.05, 0) is 24.3 Å². The fourth-order valence-corrected chi connectivity index (χ4v) is 3.06. The summed E-state index contributed by atoms with van der Waals surface area (Å²) < 4.78 is 1.85. The van der Waals surface area contributed by atoms with Crippen molar-refractivity contribution in [1.29, 1.82) is 0 Å². The first kappa shape index (κ1) is 13.3. The van der Waals surface area contributed by atoms with E-state index < -0.39 is 0 Å². The van der Waals surface area contributed by atoms with Crippen LogP contribution in [0.2, 0.25) is 0 Å². The molecule has 0 saturated heterocycles. The summed E-state index contributed by atoms with van der Waals surface area (Å²) in [6.07, 6.45) is 4.01. The van der Waals surface area contributed by atoms with Gasteiger partial charge >= 0.3 is 0 Å². The van der Waals surface area contributed by atoms with Crippen LogP contribution in [0.4, 0.5) is 0 Å². The molecule has 2 rings (SSSR count). The zero-order chi connectivity index (χ0) is 13.1. The van der Waals surface area contributed by atoms with E-state index in [2.05, 4.69) is 54.9 Å². The Morgan fingerprint density at radius 3 is 2.61 bits per heavy atom. The lowest BCUT2D eigenvalue weighted by Crippen LogP contribution is -2.27. The highest BCUT2D eigenvalue weighted by Gasteiger charge is 2.20. The summed E-state index contributed by atoms with van der Waals surface area (Å²) in [5.41, 5.74) is 1.24. The van der Waals surface area contributed by atoms with Crippen molar-refractivity contribution in [1.82, 2.24) is 15.1 Å². The summed E-state index contributed by atoms with van der Waals surface area (Å²) in [5.74, 6) is 0.572. The summed E-state index contributed by atoms with van der Waals surface area (Å²) in [4.78, 5) is 1.40. The number of hydrogen-bond acceptors (Lipinski definition) is 3. The molecule has 0 bridgehead atoms. The fourth-order valence-electron chi connectivity index (χ4n) is 2.10. The molecule has 0 aliphatic heterocycles. The SMILES string of the molecule is CC(NC(c1cccs1)C(C)C)c1cnn(C)c1. The van der Waals surface area contributed by atoms with Crippen LogP contribution in [-0.4, -0.2) is 9.78 Å². The lowest BCUT2D eigenvalue weighted by Gasteiger charge is -2.25. The molecule has 0 saturated carbocycles. The van der Waals surface area contributed by atoms with E-state index in [4.69, 9.17) is 0 Å². The third-order valence-electron chi connectivity index (χ3n) is 3.17. The second-order valence-electron chi connectivity index (χ2n) is 5.07. The van der Waals surface area contributed by atoms with E-state index in [-0.39, 0.29) is 0 Å². The Hall–Kier alpha value is -1.13. The molecule has 2 heterocycles. The Balaban J connectivity index is 2.10. The molecule has 2 aromatic heterocycles. The molecule has 2 aromatic rings. The lowest BCUT2D eigenvalue weighted by molar-refractivity contribution is 0.379. The lowest BCUT2D eigenvalue weighted by atomic mass is 10.0. The van der Waals surface area contributed by atoms with Crippen LogP contribution in [0.25, 0.3) is 0 Å². The quantitative estimate of drug-likeness (QED) is 0.894. The van der Waals surface area contributed by atoms with Crippen molar-refractivity contribution in [3.63, 3.8) is 0 Å². The molecule has 0 aliphatic rings. The van der Waals surface area contributed by atoms with Gasteiger partial charge in [0.15, 0.2) is 0 Å². The van der Waals surface area contributed by atoms with Crippen LogP contribution in [0.5, 0.6) is 0 Å². The first-order valence-corrected chi connectivity index (χ1v) is 7.24. The van der Waals surface area contributed by atoms with Crippen LogP contribution in [0.3, 0.4) is 0 Å². The van der Waals surface area contributed by atoms with Gasteiger partial charge in [-0.2, -0.15) is 5.10 Å². The van der Waals surface area contributed by atoms with E-state index in [1.54, 1.807) is 0 Å². The monoisotopic (exact) mass is 263 g/mol. The molecule has 3 nitrogen and oxygen atoms in total. The summed E-state index contributed by atoms with van der Waals surface area (Å²) >= 11 is 1.82. The average molecular weight is 263 g/mol. The second-order valence-corrected chi connectivity index (χ2v) is 6.05. The molecule has 0 amide bonds. The van der Waals surface area contributed by atoms with Crippen LogP contribution in [0.1, 0.15) is 43.3 Å². The van der Waals surface area contributed by atoms with Crippen molar-refractivity contribution in [2.75, 3.05) is 0 Å². The van der Waals surface area contributed by atoms with Crippen LogP contribution in [-0.2, 0) is 7.05 Å². The van der Waals surface area contributed by atoms with Gasteiger partial charge in [0.25, 0.3) is 0 Å². The minimum Gasteiger partial charge on any atom is -0.302 e. The summed E-state index contributed by atoms with van der Waals surface area (Å²) in [7, 11) is 1.95. The number of hydrogen-bond donors (Lipinski definition) is 1. The highest BCUT2D eigenvalue weighted by atomic mass is 32.1. The molecule has 0 aliphatic carbocycles. The highest BCUT2D eigenvalue weighted by molar-refractivity contribution is 7.10. The van der Waals surface area contributed by atoms with Gasteiger partial charge in [0.1, 0.15) is 0 Å². The first-order chi connectivity index (χ1) is 8.58. The molecule has 0 fully saturated rings. The Labute approximate surface area is 113 Å². The maximum absolute atomic E-state index is 4.23. The molecule has 18 heavy (non-hydrogen) atoms. The smallest absolute Gasteiger partial charge is 0.0537 e. The Kier molecular flexibility index (Phi) is 4.19. The predicted molar refractivity (Wildman–Crippen MR) is 76.7 cm³/mol. The molecular formula is C14H21N3S. The molecule has 2 atom stereocenters. The number of aromatic nitrogens is 2. The maximum atomic E-state index is 4.23. The van der Waals surface area contributed by atoms with Gasteiger partial charge in [-0.1, -0.05) is 19.9 Å². The zero-order valence-electron chi connectivity index (χ0n) is 11.4. The Bertz CT molecular complexity index is 473. The molecule has 4 heteroatoms. The van der Waals surface area contributed by atoms with E-state index in [0.29, 0.717) is 18.0 Å². The molecule has 98 valence electrons. The minimum absolute atomic E-state index is 0.313. The number of nitrogens with zero attached hydrogens (tertiary/aromatic N) is 2. The summed E-state index contributed by atoms with van der Waals surface area (Å²) in [6.45, 7) is 6.71. The van der Waals surface area contributed by atoms with E-state index in [9.17, 15) is 0 Å². The second kappa shape index (κ2) is 5.67. The zero-order valence-corrected chi connectivity index (χ0v) is 12.2. The van der Waals surface area contributed by atoms with Gasteiger partial charge in [-0.3, -0.25) is 4.68 Å². The van der Waals surface area contributed by atoms with Crippen molar-refractivity contribution in [3.05, 3.63) is 40.3 Å². The fraction of sp³-hybridized carbons (Fsp3) is 0.500. The standard InChI is InChI=1S/C14H21N3S/c1-10(2)14(13-6-5-7-18-13)16-11(3)12-8-15-17(4)9-12/h5-11,14,16H,1-4H3. The van der Waals surface area contributed by atoms with Gasteiger partial charge < -0.3 is 5.32 Å². The number of nitrogens with one attached hydrogen (secondary N) is 1. The number of thiophene rings is 1. The third kappa shape index (κ3) is 3.00. The number of rotatable bonds is 5. The van der Waals surface area contributed by atoms with Gasteiger partial charge in [0.2, 0.25) is 0 Å². The van der Waals surface area contributed by atoms with E-state index in [1.165, 1.54) is 10.4 Å². The van der Waals surface area contributed by atoms with Crippen molar-refractivity contribution in [2.45, 2.75) is 32.9 Å². The van der Waals surface area contributed by atoms with Crippen molar-refractivity contribution >= 4 is 11.3 Å². The molecule has 1 N–H and O–H groups in total. The van der Waals surface area contributed by atoms with Gasteiger partial charge in [0, 0.05) is 35.8 Å². The Morgan fingerprint density at radius 2 is 2.11 bits per heavy atom.